The number of amides is 2. The van der Waals surface area contributed by atoms with Crippen LogP contribution in [0.1, 0.15) is 24.2 Å². The second-order valence-electron chi connectivity index (χ2n) is 8.54. The van der Waals surface area contributed by atoms with Crippen molar-refractivity contribution in [2.45, 2.75) is 25.7 Å². The number of rotatable bonds is 7. The monoisotopic (exact) mass is 434 g/mol. The summed E-state index contributed by atoms with van der Waals surface area (Å²) < 4.78 is 11.9. The first kappa shape index (κ1) is 20.7. The lowest BCUT2D eigenvalue weighted by molar-refractivity contribution is 0.251. The third-order valence-corrected chi connectivity index (χ3v) is 6.45. The van der Waals surface area contributed by atoms with Crippen LogP contribution in [-0.4, -0.2) is 50.3 Å². The number of benzene rings is 2. The van der Waals surface area contributed by atoms with Crippen LogP contribution in [0.5, 0.6) is 5.75 Å². The van der Waals surface area contributed by atoms with Gasteiger partial charge in [0.15, 0.2) is 0 Å². The van der Waals surface area contributed by atoms with Crippen LogP contribution < -0.4 is 20.7 Å². The van der Waals surface area contributed by atoms with Crippen LogP contribution in [0, 0.1) is 0 Å². The highest BCUT2D eigenvalue weighted by molar-refractivity contribution is 6.00. The highest BCUT2D eigenvalue weighted by Crippen LogP contribution is 2.36. The number of nitrogens with two attached hydrogens (primary N) is 1. The van der Waals surface area contributed by atoms with Crippen molar-refractivity contribution in [1.82, 2.24) is 4.90 Å². The summed E-state index contributed by atoms with van der Waals surface area (Å²) in [5.74, 6) is 1.89. The van der Waals surface area contributed by atoms with Crippen molar-refractivity contribution in [3.63, 3.8) is 0 Å². The van der Waals surface area contributed by atoms with E-state index in [2.05, 4.69) is 33.3 Å². The number of primary amides is 1. The average Bonchev–Trinajstić information content (AvgIpc) is 3.42. The standard InChI is InChI=1S/C25H30N4O3/c26-25(30)27-23-19-7-1-2-9-21(19)32-22(23)10-3-4-12-28-13-15-29(16-14-28)20-8-5-6-18-11-17-31-24(18)20/h1-2,5-9H,3-4,10-17H2,(H3,26,27,30). The molecule has 0 aliphatic carbocycles. The smallest absolute Gasteiger partial charge is 0.316 e. The van der Waals surface area contributed by atoms with E-state index in [9.17, 15) is 4.79 Å². The highest BCUT2D eigenvalue weighted by Gasteiger charge is 2.23. The Morgan fingerprint density at radius 3 is 2.72 bits per heavy atom. The first-order valence-electron chi connectivity index (χ1n) is 11.5. The molecule has 0 radical (unpaired) electrons. The van der Waals surface area contributed by atoms with Gasteiger partial charge in [0.25, 0.3) is 0 Å². The molecule has 2 amide bonds. The van der Waals surface area contributed by atoms with E-state index >= 15 is 0 Å². The zero-order valence-corrected chi connectivity index (χ0v) is 18.3. The molecule has 168 valence electrons. The van der Waals surface area contributed by atoms with Crippen LogP contribution >= 0.6 is 0 Å². The van der Waals surface area contributed by atoms with Gasteiger partial charge in [-0.15, -0.1) is 0 Å². The van der Waals surface area contributed by atoms with E-state index in [4.69, 9.17) is 14.9 Å². The van der Waals surface area contributed by atoms with E-state index in [-0.39, 0.29) is 0 Å². The summed E-state index contributed by atoms with van der Waals surface area (Å²) in [6.45, 7) is 6.03. The first-order chi connectivity index (χ1) is 15.7. The minimum atomic E-state index is -0.565. The summed E-state index contributed by atoms with van der Waals surface area (Å²) in [5, 5.41) is 3.64. The Morgan fingerprint density at radius 2 is 1.88 bits per heavy atom. The lowest BCUT2D eigenvalue weighted by Gasteiger charge is -2.36. The van der Waals surface area contributed by atoms with Gasteiger partial charge in [0.1, 0.15) is 17.1 Å². The van der Waals surface area contributed by atoms with Crippen LogP contribution in [0.15, 0.2) is 46.9 Å². The molecule has 3 heterocycles. The number of carbonyl (C=O) groups is 1. The third kappa shape index (κ3) is 4.25. The minimum absolute atomic E-state index is 0.565. The molecule has 0 bridgehead atoms. The normalized spacial score (nSPS) is 16.2. The molecule has 0 atom stereocenters. The van der Waals surface area contributed by atoms with Gasteiger partial charge in [-0.05, 0) is 43.1 Å². The zero-order valence-electron chi connectivity index (χ0n) is 18.3. The SMILES string of the molecule is NC(=O)Nc1c(CCCCN2CCN(c3cccc4c3OCC4)CC2)oc2ccccc12. The largest absolute Gasteiger partial charge is 0.491 e. The molecule has 2 aliphatic heterocycles. The van der Waals surface area contributed by atoms with Crippen LogP contribution in [0.25, 0.3) is 11.0 Å². The van der Waals surface area contributed by atoms with Crippen molar-refractivity contribution >= 4 is 28.4 Å². The number of para-hydroxylation sites is 2. The van der Waals surface area contributed by atoms with Crippen molar-refractivity contribution in [1.29, 1.82) is 0 Å². The molecule has 1 saturated heterocycles. The number of unbranched alkanes of at least 4 members (excludes halogenated alkanes) is 1. The van der Waals surface area contributed by atoms with Gasteiger partial charge in [-0.25, -0.2) is 4.79 Å². The summed E-state index contributed by atoms with van der Waals surface area (Å²) in [6.07, 6.45) is 3.87. The number of carbonyl (C=O) groups excluding carboxylic acids is 1. The number of hydrogen-bond acceptors (Lipinski definition) is 5. The molecule has 3 aromatic rings. The lowest BCUT2D eigenvalue weighted by Crippen LogP contribution is -2.46. The number of ether oxygens (including phenoxy) is 1. The fraction of sp³-hybridized carbons (Fsp3) is 0.400. The lowest BCUT2D eigenvalue weighted by atomic mass is 10.1. The van der Waals surface area contributed by atoms with Gasteiger partial charge in [-0.2, -0.15) is 0 Å². The van der Waals surface area contributed by atoms with Crippen molar-refractivity contribution in [2.75, 3.05) is 49.5 Å². The minimum Gasteiger partial charge on any atom is -0.491 e. The average molecular weight is 435 g/mol. The Labute approximate surface area is 188 Å². The molecule has 0 spiro atoms. The number of fused-ring (bicyclic) bond motifs is 2. The maximum atomic E-state index is 11.4. The molecular formula is C25H30N4O3. The van der Waals surface area contributed by atoms with Gasteiger partial charge < -0.3 is 25.1 Å². The number of aryl methyl sites for hydroxylation is 1. The Hall–Kier alpha value is -3.19. The summed E-state index contributed by atoms with van der Waals surface area (Å²) in [4.78, 5) is 16.4. The molecule has 7 nitrogen and oxygen atoms in total. The summed E-state index contributed by atoms with van der Waals surface area (Å²) >= 11 is 0. The van der Waals surface area contributed by atoms with E-state index in [0.29, 0.717) is 5.69 Å². The van der Waals surface area contributed by atoms with E-state index in [0.717, 1.165) is 87.5 Å². The Bertz CT molecular complexity index is 1100. The number of hydrogen-bond donors (Lipinski definition) is 2. The predicted molar refractivity (Wildman–Crippen MR) is 127 cm³/mol. The molecule has 1 aromatic heterocycles. The van der Waals surface area contributed by atoms with Crippen LogP contribution in [-0.2, 0) is 12.8 Å². The van der Waals surface area contributed by atoms with Gasteiger partial charge >= 0.3 is 6.03 Å². The number of nitrogens with one attached hydrogen (secondary N) is 1. The summed E-state index contributed by atoms with van der Waals surface area (Å²) in [7, 11) is 0. The highest BCUT2D eigenvalue weighted by atomic mass is 16.5. The van der Waals surface area contributed by atoms with Crippen molar-refractivity contribution in [3.8, 4) is 5.75 Å². The molecule has 0 saturated carbocycles. The summed E-state index contributed by atoms with van der Waals surface area (Å²) in [6, 6.07) is 13.7. The second-order valence-corrected chi connectivity index (χ2v) is 8.54. The molecular weight excluding hydrogens is 404 g/mol. The first-order valence-corrected chi connectivity index (χ1v) is 11.5. The topological polar surface area (TPSA) is 84.0 Å². The van der Waals surface area contributed by atoms with Gasteiger partial charge in [-0.3, -0.25) is 4.90 Å². The van der Waals surface area contributed by atoms with E-state index in [1.807, 2.05) is 24.3 Å². The van der Waals surface area contributed by atoms with Gasteiger partial charge in [0, 0.05) is 44.4 Å². The van der Waals surface area contributed by atoms with E-state index < -0.39 is 6.03 Å². The van der Waals surface area contributed by atoms with Crippen molar-refractivity contribution < 1.29 is 13.9 Å². The zero-order chi connectivity index (χ0) is 21.9. The number of furan rings is 1. The predicted octanol–water partition coefficient (Wildman–Crippen LogP) is 4.00. The molecule has 7 heteroatoms. The molecule has 2 aromatic carbocycles. The fourth-order valence-corrected chi connectivity index (χ4v) is 4.81. The molecule has 32 heavy (non-hydrogen) atoms. The number of nitrogens with zero attached hydrogens (tertiary/aromatic N) is 2. The number of urea groups is 1. The second kappa shape index (κ2) is 9.12. The molecule has 5 rings (SSSR count). The Balaban J connectivity index is 1.12. The van der Waals surface area contributed by atoms with Crippen LogP contribution in [0.4, 0.5) is 16.2 Å². The number of anilines is 2. The van der Waals surface area contributed by atoms with Crippen LogP contribution in [0.3, 0.4) is 0 Å². The molecule has 2 aliphatic rings. The third-order valence-electron chi connectivity index (χ3n) is 6.45. The molecule has 1 fully saturated rings. The quantitative estimate of drug-likeness (QED) is 0.549. The maximum absolute atomic E-state index is 11.4. The summed E-state index contributed by atoms with van der Waals surface area (Å²) in [5.41, 5.74) is 9.44. The number of piperazine rings is 1. The van der Waals surface area contributed by atoms with Gasteiger partial charge in [0.05, 0.1) is 18.0 Å². The van der Waals surface area contributed by atoms with Crippen molar-refractivity contribution in [3.05, 3.63) is 53.8 Å². The maximum Gasteiger partial charge on any atom is 0.316 e. The van der Waals surface area contributed by atoms with Crippen molar-refractivity contribution in [2.24, 2.45) is 5.73 Å². The Kier molecular flexibility index (Phi) is 5.90. The Morgan fingerprint density at radius 1 is 1.03 bits per heavy atom. The molecule has 0 unspecified atom stereocenters. The fourth-order valence-electron chi connectivity index (χ4n) is 4.81. The van der Waals surface area contributed by atoms with E-state index in [1.54, 1.807) is 0 Å². The van der Waals surface area contributed by atoms with E-state index in [1.165, 1.54) is 11.3 Å². The van der Waals surface area contributed by atoms with Gasteiger partial charge in [0.2, 0.25) is 0 Å². The van der Waals surface area contributed by atoms with Gasteiger partial charge in [-0.1, -0.05) is 24.3 Å². The van der Waals surface area contributed by atoms with Crippen LogP contribution in [0.2, 0.25) is 0 Å². The molecule has 3 N–H and O–H groups in total.